The average Bonchev–Trinajstić information content (AvgIpc) is 2.75. The van der Waals surface area contributed by atoms with Crippen molar-refractivity contribution in [2.24, 2.45) is 0 Å². The summed E-state index contributed by atoms with van der Waals surface area (Å²) in [5, 5.41) is 11.4. The highest BCUT2D eigenvalue weighted by Crippen LogP contribution is 2.18. The maximum atomic E-state index is 4.62. The van der Waals surface area contributed by atoms with E-state index in [0.717, 1.165) is 50.1 Å². The maximum absolute atomic E-state index is 4.62. The summed E-state index contributed by atoms with van der Waals surface area (Å²) in [5.41, 5.74) is 2.26. The molecule has 138 valence electrons. The molecule has 1 saturated heterocycles. The van der Waals surface area contributed by atoms with Crippen LogP contribution in [0.5, 0.6) is 0 Å². The van der Waals surface area contributed by atoms with Crippen LogP contribution >= 0.6 is 0 Å². The van der Waals surface area contributed by atoms with Gasteiger partial charge in [-0.1, -0.05) is 19.1 Å². The van der Waals surface area contributed by atoms with Crippen molar-refractivity contribution in [1.82, 2.24) is 25.1 Å². The molecule has 1 fully saturated rings. The van der Waals surface area contributed by atoms with Crippen LogP contribution in [0, 0.1) is 0 Å². The van der Waals surface area contributed by atoms with Crippen molar-refractivity contribution in [2.45, 2.75) is 13.3 Å². The van der Waals surface area contributed by atoms with E-state index < -0.39 is 0 Å². The van der Waals surface area contributed by atoms with Gasteiger partial charge in [-0.3, -0.25) is 0 Å². The molecule has 3 heterocycles. The Labute approximate surface area is 158 Å². The Hall–Kier alpha value is -3.29. The smallest absolute Gasteiger partial charge is 0.249 e. The van der Waals surface area contributed by atoms with Gasteiger partial charge >= 0.3 is 0 Å². The number of rotatable bonds is 5. The van der Waals surface area contributed by atoms with Gasteiger partial charge < -0.3 is 15.1 Å². The highest BCUT2D eigenvalue weighted by atomic mass is 15.4. The number of benzene rings is 1. The van der Waals surface area contributed by atoms with Crippen molar-refractivity contribution in [1.29, 1.82) is 0 Å². The molecule has 0 radical (unpaired) electrons. The molecule has 8 heteroatoms. The van der Waals surface area contributed by atoms with Crippen molar-refractivity contribution < 1.29 is 0 Å². The van der Waals surface area contributed by atoms with Gasteiger partial charge in [0.1, 0.15) is 0 Å². The molecular formula is C19H22N8. The number of anilines is 4. The van der Waals surface area contributed by atoms with Gasteiger partial charge in [0.05, 0.1) is 6.20 Å². The average molecular weight is 362 g/mol. The second-order valence-electron chi connectivity index (χ2n) is 6.34. The molecule has 0 unspecified atom stereocenters. The molecular weight excluding hydrogens is 340 g/mol. The van der Waals surface area contributed by atoms with Gasteiger partial charge in [-0.05, 0) is 30.2 Å². The van der Waals surface area contributed by atoms with Crippen molar-refractivity contribution in [3.05, 3.63) is 54.5 Å². The lowest BCUT2D eigenvalue weighted by Crippen LogP contribution is -2.47. The molecule has 1 aliphatic heterocycles. The fourth-order valence-electron chi connectivity index (χ4n) is 3.04. The zero-order chi connectivity index (χ0) is 18.5. The molecule has 8 nitrogen and oxygen atoms in total. The number of aromatic nitrogens is 5. The third-order valence-corrected chi connectivity index (χ3v) is 4.60. The molecule has 4 rings (SSSR count). The fourth-order valence-corrected chi connectivity index (χ4v) is 3.04. The van der Waals surface area contributed by atoms with Crippen LogP contribution in [-0.4, -0.2) is 51.3 Å². The predicted octanol–water partition coefficient (Wildman–Crippen LogP) is 2.29. The Morgan fingerprint density at radius 3 is 2.37 bits per heavy atom. The van der Waals surface area contributed by atoms with Crippen LogP contribution in [0.4, 0.5) is 23.4 Å². The van der Waals surface area contributed by atoms with Crippen molar-refractivity contribution >= 4 is 23.4 Å². The Morgan fingerprint density at radius 2 is 1.67 bits per heavy atom. The molecule has 2 aromatic heterocycles. The van der Waals surface area contributed by atoms with Gasteiger partial charge in [0.25, 0.3) is 0 Å². The molecule has 1 N–H and O–H groups in total. The predicted molar refractivity (Wildman–Crippen MR) is 105 cm³/mol. The normalized spacial score (nSPS) is 14.3. The SMILES string of the molecule is CCc1ccc(Nc2nncc(N3CCN(c4ncccn4)CC3)n2)cc1. The van der Waals surface area contributed by atoms with Crippen molar-refractivity contribution in [3.8, 4) is 0 Å². The third-order valence-electron chi connectivity index (χ3n) is 4.60. The lowest BCUT2D eigenvalue weighted by atomic mass is 10.1. The topological polar surface area (TPSA) is 83.0 Å². The van der Waals surface area contributed by atoms with Crippen LogP contribution in [0.3, 0.4) is 0 Å². The summed E-state index contributed by atoms with van der Waals surface area (Å²) in [7, 11) is 0. The van der Waals surface area contributed by atoms with Crippen LogP contribution in [-0.2, 0) is 6.42 Å². The molecule has 0 spiro atoms. The molecule has 1 aromatic carbocycles. The Kier molecular flexibility index (Phi) is 5.04. The van der Waals surface area contributed by atoms with E-state index in [9.17, 15) is 0 Å². The highest BCUT2D eigenvalue weighted by Gasteiger charge is 2.20. The first-order valence-electron chi connectivity index (χ1n) is 9.14. The first-order chi connectivity index (χ1) is 13.3. The monoisotopic (exact) mass is 362 g/mol. The largest absolute Gasteiger partial charge is 0.352 e. The zero-order valence-corrected chi connectivity index (χ0v) is 15.3. The molecule has 0 atom stereocenters. The van der Waals surface area contributed by atoms with Gasteiger partial charge in [-0.2, -0.15) is 10.1 Å². The van der Waals surface area contributed by atoms with E-state index in [4.69, 9.17) is 0 Å². The number of nitrogens with zero attached hydrogens (tertiary/aromatic N) is 7. The first-order valence-corrected chi connectivity index (χ1v) is 9.14. The minimum absolute atomic E-state index is 0.505. The lowest BCUT2D eigenvalue weighted by molar-refractivity contribution is 0.632. The van der Waals surface area contributed by atoms with Gasteiger partial charge in [-0.25, -0.2) is 9.97 Å². The van der Waals surface area contributed by atoms with E-state index >= 15 is 0 Å². The highest BCUT2D eigenvalue weighted by molar-refractivity contribution is 5.55. The van der Waals surface area contributed by atoms with Gasteiger partial charge in [0.15, 0.2) is 5.82 Å². The van der Waals surface area contributed by atoms with Gasteiger partial charge in [0.2, 0.25) is 11.9 Å². The number of hydrogen-bond acceptors (Lipinski definition) is 8. The second kappa shape index (κ2) is 7.94. The van der Waals surface area contributed by atoms with E-state index in [-0.39, 0.29) is 0 Å². The quantitative estimate of drug-likeness (QED) is 0.740. The molecule has 0 aliphatic carbocycles. The minimum Gasteiger partial charge on any atom is -0.352 e. The lowest BCUT2D eigenvalue weighted by Gasteiger charge is -2.35. The van der Waals surface area contributed by atoms with Crippen LogP contribution in [0.15, 0.2) is 48.9 Å². The third kappa shape index (κ3) is 4.11. The summed E-state index contributed by atoms with van der Waals surface area (Å²) >= 11 is 0. The Bertz CT molecular complexity index is 860. The second-order valence-corrected chi connectivity index (χ2v) is 6.34. The zero-order valence-electron chi connectivity index (χ0n) is 15.3. The Morgan fingerprint density at radius 1 is 0.963 bits per heavy atom. The number of aryl methyl sites for hydroxylation is 1. The minimum atomic E-state index is 0.505. The van der Waals surface area contributed by atoms with Crippen LogP contribution in [0.25, 0.3) is 0 Å². The van der Waals surface area contributed by atoms with Crippen molar-refractivity contribution in [2.75, 3.05) is 41.3 Å². The maximum Gasteiger partial charge on any atom is 0.249 e. The molecule has 0 bridgehead atoms. The summed E-state index contributed by atoms with van der Waals surface area (Å²) in [6.45, 7) is 5.50. The van der Waals surface area contributed by atoms with E-state index in [1.54, 1.807) is 18.6 Å². The summed E-state index contributed by atoms with van der Waals surface area (Å²) < 4.78 is 0. The van der Waals surface area contributed by atoms with E-state index in [1.165, 1.54) is 5.56 Å². The van der Waals surface area contributed by atoms with Crippen LogP contribution in [0.1, 0.15) is 12.5 Å². The number of piperazine rings is 1. The summed E-state index contributed by atoms with van der Waals surface area (Å²) in [6.07, 6.45) is 6.27. The molecule has 0 amide bonds. The number of nitrogens with one attached hydrogen (secondary N) is 1. The summed E-state index contributed by atoms with van der Waals surface area (Å²) in [6, 6.07) is 10.1. The van der Waals surface area contributed by atoms with E-state index in [1.807, 2.05) is 18.2 Å². The van der Waals surface area contributed by atoms with E-state index in [2.05, 4.69) is 59.3 Å². The molecule has 1 aliphatic rings. The summed E-state index contributed by atoms with van der Waals surface area (Å²) in [5.74, 6) is 2.10. The molecule has 3 aromatic rings. The Balaban J connectivity index is 1.40. The fraction of sp³-hybridized carbons (Fsp3) is 0.316. The standard InChI is InChI=1S/C19H22N8/c1-2-15-4-6-16(7-5-15)23-18-24-17(14-22-25-18)26-10-12-27(13-11-26)19-20-8-3-9-21-19/h3-9,14H,2,10-13H2,1H3,(H,23,24,25). The molecule has 0 saturated carbocycles. The van der Waals surface area contributed by atoms with Crippen LogP contribution < -0.4 is 15.1 Å². The van der Waals surface area contributed by atoms with Crippen LogP contribution in [0.2, 0.25) is 0 Å². The molecule has 27 heavy (non-hydrogen) atoms. The van der Waals surface area contributed by atoms with Crippen molar-refractivity contribution in [3.63, 3.8) is 0 Å². The van der Waals surface area contributed by atoms with Gasteiger partial charge in [0, 0.05) is 44.3 Å². The van der Waals surface area contributed by atoms with Gasteiger partial charge in [-0.15, -0.1) is 5.10 Å². The van der Waals surface area contributed by atoms with E-state index in [0.29, 0.717) is 5.95 Å². The summed E-state index contributed by atoms with van der Waals surface area (Å²) in [4.78, 5) is 17.7. The number of hydrogen-bond donors (Lipinski definition) is 1. The first kappa shape index (κ1) is 17.1.